The zero-order valence-electron chi connectivity index (χ0n) is 12.9. The van der Waals surface area contributed by atoms with E-state index in [4.69, 9.17) is 9.73 Å². The highest BCUT2D eigenvalue weighted by Crippen LogP contribution is 2.15. The van der Waals surface area contributed by atoms with Crippen molar-refractivity contribution in [3.8, 4) is 0 Å². The maximum absolute atomic E-state index is 5.06. The molecule has 3 saturated heterocycles. The van der Waals surface area contributed by atoms with Crippen LogP contribution in [0.5, 0.6) is 0 Å². The summed E-state index contributed by atoms with van der Waals surface area (Å²) >= 11 is 0. The van der Waals surface area contributed by atoms with Crippen molar-refractivity contribution in [3.63, 3.8) is 0 Å². The molecule has 2 N–H and O–H groups in total. The average molecular weight is 283 g/mol. The third-order valence-electron chi connectivity index (χ3n) is 4.01. The number of piperazine rings is 3. The molecule has 1 atom stereocenters. The van der Waals surface area contributed by atoms with E-state index in [2.05, 4.69) is 27.4 Å². The van der Waals surface area contributed by atoms with E-state index in [-0.39, 0.29) is 0 Å². The van der Waals surface area contributed by atoms with Gasteiger partial charge < -0.3 is 15.4 Å². The minimum absolute atomic E-state index is 0.590. The first-order valence-corrected chi connectivity index (χ1v) is 7.81. The van der Waals surface area contributed by atoms with Gasteiger partial charge in [0.1, 0.15) is 0 Å². The highest BCUT2D eigenvalue weighted by atomic mass is 16.5. The second-order valence-corrected chi connectivity index (χ2v) is 5.48. The minimum Gasteiger partial charge on any atom is -0.385 e. The maximum atomic E-state index is 5.06. The summed E-state index contributed by atoms with van der Waals surface area (Å²) in [6.07, 6.45) is 1.00. The van der Waals surface area contributed by atoms with Crippen molar-refractivity contribution in [2.24, 2.45) is 4.99 Å². The van der Waals surface area contributed by atoms with Crippen LogP contribution in [0.4, 0.5) is 0 Å². The smallest absolute Gasteiger partial charge is 0.191 e. The Labute approximate surface area is 122 Å². The quantitative estimate of drug-likeness (QED) is 0.377. The fraction of sp³-hybridized carbons (Fsp3) is 0.929. The highest BCUT2D eigenvalue weighted by molar-refractivity contribution is 5.79. The Morgan fingerprint density at radius 1 is 1.25 bits per heavy atom. The van der Waals surface area contributed by atoms with Crippen LogP contribution in [0.1, 0.15) is 13.3 Å². The third-order valence-corrected chi connectivity index (χ3v) is 4.01. The fourth-order valence-electron chi connectivity index (χ4n) is 2.86. The van der Waals surface area contributed by atoms with Crippen molar-refractivity contribution in [1.82, 2.24) is 20.4 Å². The number of fused-ring (bicyclic) bond motifs is 3. The fourth-order valence-corrected chi connectivity index (χ4v) is 2.86. The number of ether oxygens (including phenoxy) is 1. The Kier molecular flexibility index (Phi) is 6.56. The summed E-state index contributed by atoms with van der Waals surface area (Å²) in [6, 6.07) is 0.590. The summed E-state index contributed by atoms with van der Waals surface area (Å²) in [7, 11) is 1.74. The van der Waals surface area contributed by atoms with E-state index in [0.29, 0.717) is 6.04 Å². The molecule has 0 aliphatic carbocycles. The lowest BCUT2D eigenvalue weighted by molar-refractivity contribution is 0.0174. The lowest BCUT2D eigenvalue weighted by Gasteiger charge is -2.47. The largest absolute Gasteiger partial charge is 0.385 e. The summed E-state index contributed by atoms with van der Waals surface area (Å²) in [5.74, 6) is 0.932. The first-order chi connectivity index (χ1) is 9.83. The molecular weight excluding hydrogens is 254 g/mol. The molecule has 3 aliphatic rings. The number of hydrogen-bond acceptors (Lipinski definition) is 4. The number of rotatable bonds is 7. The van der Waals surface area contributed by atoms with Crippen LogP contribution in [0.15, 0.2) is 4.99 Å². The van der Waals surface area contributed by atoms with Crippen molar-refractivity contribution < 1.29 is 4.74 Å². The van der Waals surface area contributed by atoms with Gasteiger partial charge in [-0.1, -0.05) is 0 Å². The van der Waals surface area contributed by atoms with E-state index in [9.17, 15) is 0 Å². The summed E-state index contributed by atoms with van der Waals surface area (Å²) in [6.45, 7) is 11.6. The van der Waals surface area contributed by atoms with Crippen LogP contribution in [-0.2, 0) is 4.74 Å². The van der Waals surface area contributed by atoms with Gasteiger partial charge in [0.05, 0.1) is 6.54 Å². The zero-order valence-corrected chi connectivity index (χ0v) is 12.9. The Bertz CT molecular complexity index is 302. The minimum atomic E-state index is 0.590. The van der Waals surface area contributed by atoms with Crippen molar-refractivity contribution in [2.75, 3.05) is 66.1 Å². The van der Waals surface area contributed by atoms with Gasteiger partial charge in [0.2, 0.25) is 0 Å². The maximum Gasteiger partial charge on any atom is 0.191 e. The van der Waals surface area contributed by atoms with Crippen molar-refractivity contribution in [3.05, 3.63) is 0 Å². The molecule has 0 radical (unpaired) electrons. The Balaban J connectivity index is 1.76. The lowest BCUT2D eigenvalue weighted by Crippen LogP contribution is -2.62. The van der Waals surface area contributed by atoms with Crippen LogP contribution < -0.4 is 10.6 Å². The van der Waals surface area contributed by atoms with Crippen molar-refractivity contribution in [2.45, 2.75) is 19.4 Å². The van der Waals surface area contributed by atoms with Crippen molar-refractivity contribution >= 4 is 5.96 Å². The summed E-state index contributed by atoms with van der Waals surface area (Å²) in [4.78, 5) is 9.87. The number of nitrogens with one attached hydrogen (secondary N) is 2. The van der Waals surface area contributed by atoms with E-state index in [1.54, 1.807) is 7.11 Å². The molecule has 6 nitrogen and oxygen atoms in total. The first-order valence-electron chi connectivity index (χ1n) is 7.81. The van der Waals surface area contributed by atoms with Gasteiger partial charge in [0, 0.05) is 65.6 Å². The van der Waals surface area contributed by atoms with Crippen LogP contribution in [-0.4, -0.2) is 87.9 Å². The number of guanidine groups is 1. The molecule has 2 bridgehead atoms. The van der Waals surface area contributed by atoms with Crippen molar-refractivity contribution in [1.29, 1.82) is 0 Å². The van der Waals surface area contributed by atoms with Crippen LogP contribution >= 0.6 is 0 Å². The second-order valence-electron chi connectivity index (χ2n) is 5.48. The molecule has 3 heterocycles. The van der Waals surface area contributed by atoms with E-state index in [1.165, 1.54) is 32.7 Å². The molecule has 0 aromatic carbocycles. The van der Waals surface area contributed by atoms with Crippen LogP contribution in [0.2, 0.25) is 0 Å². The molecule has 0 aromatic rings. The predicted octanol–water partition coefficient (Wildman–Crippen LogP) is -0.422. The second kappa shape index (κ2) is 8.44. The molecule has 3 rings (SSSR count). The van der Waals surface area contributed by atoms with Crippen LogP contribution in [0.25, 0.3) is 0 Å². The Morgan fingerprint density at radius 2 is 2.05 bits per heavy atom. The lowest BCUT2D eigenvalue weighted by atomic mass is 10.1. The molecule has 0 amide bonds. The monoisotopic (exact) mass is 283 g/mol. The normalized spacial score (nSPS) is 29.5. The number of nitrogens with zero attached hydrogens (tertiary/aromatic N) is 3. The molecule has 0 saturated carbocycles. The van der Waals surface area contributed by atoms with Gasteiger partial charge in [-0.05, 0) is 13.3 Å². The van der Waals surface area contributed by atoms with E-state index < -0.39 is 0 Å². The molecule has 0 aromatic heterocycles. The highest BCUT2D eigenvalue weighted by Gasteiger charge is 2.31. The Morgan fingerprint density at radius 3 is 2.65 bits per heavy atom. The van der Waals surface area contributed by atoms with Gasteiger partial charge >= 0.3 is 0 Å². The van der Waals surface area contributed by atoms with Gasteiger partial charge in [-0.3, -0.25) is 14.8 Å². The van der Waals surface area contributed by atoms with Gasteiger partial charge in [0.15, 0.2) is 5.96 Å². The summed E-state index contributed by atoms with van der Waals surface area (Å²) in [5.41, 5.74) is 0. The van der Waals surface area contributed by atoms with E-state index >= 15 is 0 Å². The molecule has 3 aliphatic heterocycles. The average Bonchev–Trinajstić information content (AvgIpc) is 2.50. The number of hydrogen-bond donors (Lipinski definition) is 2. The third kappa shape index (κ3) is 4.61. The number of methoxy groups -OCH3 is 1. The van der Waals surface area contributed by atoms with Gasteiger partial charge in [-0.15, -0.1) is 0 Å². The predicted molar refractivity (Wildman–Crippen MR) is 82.3 cm³/mol. The van der Waals surface area contributed by atoms with E-state index in [0.717, 1.165) is 38.6 Å². The first kappa shape index (κ1) is 15.5. The Hall–Kier alpha value is -0.850. The number of aliphatic imine (C=N–C) groups is 1. The van der Waals surface area contributed by atoms with Gasteiger partial charge in [-0.2, -0.15) is 0 Å². The zero-order chi connectivity index (χ0) is 14.2. The molecular formula is C14H29N5O. The van der Waals surface area contributed by atoms with Crippen LogP contribution in [0, 0.1) is 0 Å². The SMILES string of the molecule is CCNC(=NCC1CN2CCN1CC2)NCCCOC. The molecule has 20 heavy (non-hydrogen) atoms. The molecule has 3 fully saturated rings. The molecule has 6 heteroatoms. The topological polar surface area (TPSA) is 52.1 Å². The van der Waals surface area contributed by atoms with Gasteiger partial charge in [-0.25, -0.2) is 0 Å². The van der Waals surface area contributed by atoms with E-state index in [1.807, 2.05) is 0 Å². The molecule has 0 spiro atoms. The summed E-state index contributed by atoms with van der Waals surface area (Å²) < 4.78 is 5.06. The van der Waals surface area contributed by atoms with Crippen LogP contribution in [0.3, 0.4) is 0 Å². The standard InChI is InChI=1S/C14H29N5O/c1-3-15-14(16-5-4-10-20-2)17-11-13-12-18-6-8-19(13)9-7-18/h13H,3-12H2,1-2H3,(H2,15,16,17). The summed E-state index contributed by atoms with van der Waals surface area (Å²) in [5, 5.41) is 6.68. The molecule has 1 unspecified atom stereocenters. The molecule has 116 valence electrons. The van der Waals surface area contributed by atoms with Gasteiger partial charge in [0.25, 0.3) is 0 Å².